The molecule has 3 aliphatic rings. The highest BCUT2D eigenvalue weighted by Crippen LogP contribution is 2.45. The van der Waals surface area contributed by atoms with Gasteiger partial charge in [-0.05, 0) is 86.8 Å². The summed E-state index contributed by atoms with van der Waals surface area (Å²) < 4.78 is 32.4. The van der Waals surface area contributed by atoms with E-state index >= 15 is 0 Å². The minimum atomic E-state index is -3.81. The second kappa shape index (κ2) is 13.7. The van der Waals surface area contributed by atoms with Crippen molar-refractivity contribution in [2.75, 3.05) is 13.2 Å². The molecule has 260 valence electrons. The van der Waals surface area contributed by atoms with Crippen molar-refractivity contribution in [3.8, 4) is 0 Å². The first kappa shape index (κ1) is 35.1. The van der Waals surface area contributed by atoms with Crippen LogP contribution < -0.4 is 20.9 Å². The van der Waals surface area contributed by atoms with E-state index in [9.17, 15) is 32.4 Å². The molecule has 2 aromatic rings. The van der Waals surface area contributed by atoms with Gasteiger partial charge in [0.25, 0.3) is 11.5 Å². The van der Waals surface area contributed by atoms with Gasteiger partial charge < -0.3 is 25.3 Å². The Morgan fingerprint density at radius 1 is 1.19 bits per heavy atom. The number of hydrogen-bond donors (Lipinski definition) is 4. The van der Waals surface area contributed by atoms with E-state index in [4.69, 9.17) is 4.74 Å². The van der Waals surface area contributed by atoms with E-state index in [0.717, 1.165) is 30.2 Å². The second-order valence-corrected chi connectivity index (χ2v) is 16.0. The number of carbonyl (C=O) groups excluding carboxylic acids is 4. The Hall–Kier alpha value is -4.20. The van der Waals surface area contributed by atoms with Crippen LogP contribution in [0, 0.1) is 11.3 Å². The molecule has 2 saturated carbocycles. The topological polar surface area (TPSA) is 184 Å². The minimum absolute atomic E-state index is 0.122. The zero-order chi connectivity index (χ0) is 34.9. The van der Waals surface area contributed by atoms with Crippen molar-refractivity contribution in [3.63, 3.8) is 0 Å². The number of H-pyrrole nitrogens is 1. The van der Waals surface area contributed by atoms with Gasteiger partial charge in [0, 0.05) is 24.0 Å². The fourth-order valence-electron chi connectivity index (χ4n) is 6.34. The van der Waals surface area contributed by atoms with Gasteiger partial charge in [-0.25, -0.2) is 13.2 Å². The predicted molar refractivity (Wildman–Crippen MR) is 179 cm³/mol. The Morgan fingerprint density at radius 2 is 1.94 bits per heavy atom. The van der Waals surface area contributed by atoms with Gasteiger partial charge in [0.2, 0.25) is 21.8 Å². The van der Waals surface area contributed by atoms with Crippen LogP contribution in [0.1, 0.15) is 71.3 Å². The van der Waals surface area contributed by atoms with Crippen molar-refractivity contribution in [1.29, 1.82) is 0 Å². The van der Waals surface area contributed by atoms with Crippen LogP contribution in [-0.2, 0) is 35.6 Å². The molecule has 2 heterocycles. The van der Waals surface area contributed by atoms with E-state index in [1.165, 1.54) is 17.9 Å². The standard InChI is InChI=1S/C34H45N5O8S/c1-5-24-19-34(24,31(43)38-48(45,46)25-12-13-25)37-29(41)27-9-7-17-39(27)30(42)21(2)36-32(44)47-20-33(3,4)15-6-8-22-10-11-23-14-16-35-28(40)26(23)18-22/h5,10-11,14,16,18,21,24-25,27H,1,6-9,12-13,15,17,19-20H2,2-4H3,(H,35,40)(H,36,44)(H,37,41)(H,38,43)/t21-,24+,27-,34+/m0/s1. The molecule has 0 bridgehead atoms. The average molecular weight is 684 g/mol. The van der Waals surface area contributed by atoms with E-state index in [0.29, 0.717) is 31.1 Å². The molecular weight excluding hydrogens is 638 g/mol. The summed E-state index contributed by atoms with van der Waals surface area (Å²) in [5.74, 6) is -2.26. The number of fused-ring (bicyclic) bond motifs is 1. The van der Waals surface area contributed by atoms with Gasteiger partial charge >= 0.3 is 6.09 Å². The van der Waals surface area contributed by atoms with Crippen LogP contribution in [0.3, 0.4) is 0 Å². The van der Waals surface area contributed by atoms with Crippen LogP contribution >= 0.6 is 0 Å². The summed E-state index contributed by atoms with van der Waals surface area (Å²) in [5.41, 5.74) is -0.856. The largest absolute Gasteiger partial charge is 0.449 e. The highest BCUT2D eigenvalue weighted by atomic mass is 32.2. The molecule has 1 aliphatic heterocycles. The van der Waals surface area contributed by atoms with Crippen LogP contribution in [0.25, 0.3) is 10.8 Å². The van der Waals surface area contributed by atoms with E-state index in [1.54, 1.807) is 6.20 Å². The maximum absolute atomic E-state index is 13.4. The zero-order valence-corrected chi connectivity index (χ0v) is 28.5. The first-order valence-corrected chi connectivity index (χ1v) is 18.1. The van der Waals surface area contributed by atoms with Crippen molar-refractivity contribution < 1.29 is 32.3 Å². The zero-order valence-electron chi connectivity index (χ0n) is 27.7. The summed E-state index contributed by atoms with van der Waals surface area (Å²) >= 11 is 0. The van der Waals surface area contributed by atoms with Crippen molar-refractivity contribution in [3.05, 3.63) is 59.0 Å². The van der Waals surface area contributed by atoms with Crippen molar-refractivity contribution in [1.82, 2.24) is 25.2 Å². The number of nitrogens with zero attached hydrogens (tertiary/aromatic N) is 1. The third-order valence-electron chi connectivity index (χ3n) is 9.54. The Balaban J connectivity index is 1.09. The van der Waals surface area contributed by atoms with Crippen molar-refractivity contribution in [2.24, 2.45) is 11.3 Å². The third-order valence-corrected chi connectivity index (χ3v) is 11.4. The van der Waals surface area contributed by atoms with Gasteiger partial charge in [0.15, 0.2) is 0 Å². The Morgan fingerprint density at radius 3 is 2.62 bits per heavy atom. The molecular formula is C34H45N5O8S. The maximum atomic E-state index is 13.4. The first-order valence-electron chi connectivity index (χ1n) is 16.5. The van der Waals surface area contributed by atoms with Gasteiger partial charge in [0.05, 0.1) is 11.9 Å². The molecule has 4 atom stereocenters. The highest BCUT2D eigenvalue weighted by Gasteiger charge is 2.61. The summed E-state index contributed by atoms with van der Waals surface area (Å²) in [6, 6.07) is 5.84. The monoisotopic (exact) mass is 683 g/mol. The Kier molecular flexibility index (Phi) is 10.0. The normalized spacial score (nSPS) is 22.9. The third kappa shape index (κ3) is 7.91. The van der Waals surface area contributed by atoms with Crippen LogP contribution in [0.15, 0.2) is 47.9 Å². The number of pyridine rings is 1. The van der Waals surface area contributed by atoms with Gasteiger partial charge in [-0.1, -0.05) is 32.1 Å². The van der Waals surface area contributed by atoms with E-state index in [1.807, 2.05) is 38.1 Å². The summed E-state index contributed by atoms with van der Waals surface area (Å²) in [5, 5.41) is 6.23. The number of rotatable bonds is 14. The smallest absolute Gasteiger partial charge is 0.407 e. The number of likely N-dealkylation sites (tertiary alicyclic amines) is 1. The molecule has 1 aromatic carbocycles. The number of aromatic nitrogens is 1. The number of aryl methyl sites for hydroxylation is 1. The molecule has 13 nitrogen and oxygen atoms in total. The van der Waals surface area contributed by atoms with Crippen molar-refractivity contribution >= 4 is 44.6 Å². The molecule has 2 aliphatic carbocycles. The number of amides is 4. The molecule has 1 saturated heterocycles. The molecule has 4 N–H and O–H groups in total. The van der Waals surface area contributed by atoms with Crippen LogP contribution in [0.5, 0.6) is 0 Å². The lowest BCUT2D eigenvalue weighted by Crippen LogP contribution is -2.58. The molecule has 4 amide bonds. The number of aromatic amines is 1. The van der Waals surface area contributed by atoms with Crippen LogP contribution in [-0.4, -0.2) is 78.1 Å². The summed E-state index contributed by atoms with van der Waals surface area (Å²) in [6.45, 7) is 9.60. The molecule has 0 radical (unpaired) electrons. The minimum Gasteiger partial charge on any atom is -0.449 e. The summed E-state index contributed by atoms with van der Waals surface area (Å²) in [7, 11) is -3.81. The average Bonchev–Trinajstić information content (AvgIpc) is 3.96. The molecule has 1 aromatic heterocycles. The Labute approximate surface area is 280 Å². The van der Waals surface area contributed by atoms with Crippen LogP contribution in [0.2, 0.25) is 0 Å². The number of benzene rings is 1. The summed E-state index contributed by atoms with van der Waals surface area (Å²) in [4.78, 5) is 68.7. The van der Waals surface area contributed by atoms with Gasteiger partial charge in [-0.15, -0.1) is 6.58 Å². The molecule has 48 heavy (non-hydrogen) atoms. The molecule has 5 rings (SSSR count). The molecule has 14 heteroatoms. The fraction of sp³-hybridized carbons (Fsp3) is 0.559. The quantitative estimate of drug-likeness (QED) is 0.219. The number of hydrogen-bond acceptors (Lipinski definition) is 8. The van der Waals surface area contributed by atoms with E-state index in [-0.39, 0.29) is 30.5 Å². The van der Waals surface area contributed by atoms with Crippen LogP contribution in [0.4, 0.5) is 4.79 Å². The SMILES string of the molecule is C=C[C@@H]1C[C@]1(NC(=O)[C@@H]1CCCN1C(=O)[C@H](C)NC(=O)OCC(C)(C)CCCc1ccc2cc[nH]c(=O)c2c1)C(=O)NS(=O)(=O)C1CC1. The second-order valence-electron chi connectivity index (χ2n) is 14.1. The number of sulfonamides is 1. The van der Waals surface area contributed by atoms with Gasteiger partial charge in [-0.3, -0.25) is 23.9 Å². The van der Waals surface area contributed by atoms with E-state index in [2.05, 4.69) is 26.9 Å². The predicted octanol–water partition coefficient (Wildman–Crippen LogP) is 2.65. The molecule has 0 spiro atoms. The number of carbonyl (C=O) groups is 4. The lowest BCUT2D eigenvalue weighted by molar-refractivity contribution is -0.140. The number of ether oxygens (including phenoxy) is 1. The summed E-state index contributed by atoms with van der Waals surface area (Å²) in [6.07, 6.45) is 6.79. The number of nitrogens with one attached hydrogen (secondary N) is 4. The molecule has 3 fully saturated rings. The fourth-order valence-corrected chi connectivity index (χ4v) is 7.70. The van der Waals surface area contributed by atoms with E-state index < -0.39 is 62.6 Å². The van der Waals surface area contributed by atoms with Gasteiger partial charge in [-0.2, -0.15) is 0 Å². The van der Waals surface area contributed by atoms with Crippen molar-refractivity contribution in [2.45, 2.75) is 95.0 Å². The lowest BCUT2D eigenvalue weighted by atomic mass is 9.87. The highest BCUT2D eigenvalue weighted by molar-refractivity contribution is 7.91. The van der Waals surface area contributed by atoms with Gasteiger partial charge in [0.1, 0.15) is 17.6 Å². The lowest BCUT2D eigenvalue weighted by Gasteiger charge is -2.29. The molecule has 0 unspecified atom stereocenters. The number of alkyl carbamates (subject to hydrolysis) is 1. The first-order chi connectivity index (χ1) is 22.7. The maximum Gasteiger partial charge on any atom is 0.407 e. The Bertz CT molecular complexity index is 1770.